The van der Waals surface area contributed by atoms with Gasteiger partial charge in [-0.05, 0) is 29.3 Å². The predicted octanol–water partition coefficient (Wildman–Crippen LogP) is 3.25. The fourth-order valence-corrected chi connectivity index (χ4v) is 3.69. The van der Waals surface area contributed by atoms with Gasteiger partial charge in [-0.2, -0.15) is 0 Å². The normalized spacial score (nSPS) is 10.6. The van der Waals surface area contributed by atoms with Crippen LogP contribution in [0, 0.1) is 0 Å². The molecule has 3 aromatic carbocycles. The van der Waals surface area contributed by atoms with Gasteiger partial charge in [-0.3, -0.25) is 19.6 Å². The molecule has 172 valence electrons. The van der Waals surface area contributed by atoms with Crippen LogP contribution in [0.4, 0.5) is 0 Å². The molecular formula is C26H24N4O4. The Labute approximate surface area is 196 Å². The fourth-order valence-electron chi connectivity index (χ4n) is 3.69. The number of aromatic nitrogens is 1. The highest BCUT2D eigenvalue weighted by Crippen LogP contribution is 2.20. The van der Waals surface area contributed by atoms with Gasteiger partial charge in [-0.1, -0.05) is 60.7 Å². The van der Waals surface area contributed by atoms with E-state index in [2.05, 4.69) is 10.3 Å². The Bertz CT molecular complexity index is 1300. The van der Waals surface area contributed by atoms with E-state index in [1.807, 2.05) is 54.6 Å². The Morgan fingerprint density at radius 1 is 0.853 bits per heavy atom. The highest BCUT2D eigenvalue weighted by atomic mass is 16.5. The number of carbonyl (C=O) groups is 3. The first-order valence-corrected chi connectivity index (χ1v) is 10.7. The van der Waals surface area contributed by atoms with E-state index in [9.17, 15) is 14.4 Å². The number of benzene rings is 3. The first-order valence-electron chi connectivity index (χ1n) is 10.7. The molecule has 1 aromatic heterocycles. The van der Waals surface area contributed by atoms with Gasteiger partial charge in [0.2, 0.25) is 5.91 Å². The van der Waals surface area contributed by atoms with Crippen molar-refractivity contribution in [3.63, 3.8) is 0 Å². The second-order valence-corrected chi connectivity index (χ2v) is 7.81. The Morgan fingerprint density at radius 3 is 2.29 bits per heavy atom. The number of hydrogen-bond donors (Lipinski definition) is 4. The maximum absolute atomic E-state index is 13.5. The van der Waals surface area contributed by atoms with Gasteiger partial charge in [0.05, 0.1) is 5.56 Å². The van der Waals surface area contributed by atoms with Gasteiger partial charge in [-0.25, -0.2) is 5.48 Å². The van der Waals surface area contributed by atoms with Crippen molar-refractivity contribution in [2.24, 2.45) is 0 Å². The van der Waals surface area contributed by atoms with Crippen LogP contribution in [0.25, 0.3) is 10.9 Å². The van der Waals surface area contributed by atoms with Gasteiger partial charge < -0.3 is 15.2 Å². The number of amides is 3. The summed E-state index contributed by atoms with van der Waals surface area (Å²) in [6, 6.07) is 23.5. The first kappa shape index (κ1) is 22.8. The minimum absolute atomic E-state index is 0.135. The Balaban J connectivity index is 1.54. The van der Waals surface area contributed by atoms with Crippen molar-refractivity contribution >= 4 is 28.6 Å². The Hall–Kier alpha value is -4.43. The van der Waals surface area contributed by atoms with E-state index in [-0.39, 0.29) is 30.5 Å². The molecule has 3 amide bonds. The van der Waals surface area contributed by atoms with E-state index in [0.717, 1.165) is 22.0 Å². The van der Waals surface area contributed by atoms with Crippen molar-refractivity contribution in [2.75, 3.05) is 6.54 Å². The summed E-state index contributed by atoms with van der Waals surface area (Å²) in [7, 11) is 0. The van der Waals surface area contributed by atoms with Crippen LogP contribution in [0.15, 0.2) is 85.1 Å². The summed E-state index contributed by atoms with van der Waals surface area (Å²) in [4.78, 5) is 42.4. The van der Waals surface area contributed by atoms with Gasteiger partial charge in [0.1, 0.15) is 6.54 Å². The summed E-state index contributed by atoms with van der Waals surface area (Å²) < 4.78 is 0. The standard InChI is InChI=1S/C26H24N4O4/c31-24(28-14-18-6-2-1-3-7-18)17-30(16-19-10-12-20(13-11-19)25(32)29-34)26(33)22-15-27-23-9-5-4-8-21(22)23/h1-13,15,27,34H,14,16-17H2,(H,28,31)(H,29,32). The molecule has 0 bridgehead atoms. The molecule has 8 heteroatoms. The van der Waals surface area contributed by atoms with Crippen LogP contribution >= 0.6 is 0 Å². The van der Waals surface area contributed by atoms with Crippen LogP contribution in [-0.2, 0) is 17.9 Å². The highest BCUT2D eigenvalue weighted by molar-refractivity contribution is 6.07. The Morgan fingerprint density at radius 2 is 1.56 bits per heavy atom. The molecule has 0 saturated heterocycles. The zero-order valence-electron chi connectivity index (χ0n) is 18.3. The van der Waals surface area contributed by atoms with Crippen molar-refractivity contribution < 1.29 is 19.6 Å². The summed E-state index contributed by atoms with van der Waals surface area (Å²) in [6.45, 7) is 0.391. The summed E-state index contributed by atoms with van der Waals surface area (Å²) in [5, 5.41) is 12.4. The summed E-state index contributed by atoms with van der Waals surface area (Å²) >= 11 is 0. The lowest BCUT2D eigenvalue weighted by Crippen LogP contribution is -2.40. The number of hydrogen-bond acceptors (Lipinski definition) is 4. The molecule has 0 aliphatic carbocycles. The largest absolute Gasteiger partial charge is 0.360 e. The van der Waals surface area contributed by atoms with Crippen LogP contribution in [0.1, 0.15) is 31.8 Å². The number of rotatable bonds is 8. The maximum atomic E-state index is 13.5. The van der Waals surface area contributed by atoms with Crippen LogP contribution in [-0.4, -0.2) is 39.4 Å². The number of H-pyrrole nitrogens is 1. The van der Waals surface area contributed by atoms with Gasteiger partial charge in [0, 0.05) is 35.8 Å². The number of nitrogens with zero attached hydrogens (tertiary/aromatic N) is 1. The lowest BCUT2D eigenvalue weighted by Gasteiger charge is -2.22. The number of para-hydroxylation sites is 1. The zero-order chi connectivity index (χ0) is 23.9. The van der Waals surface area contributed by atoms with Gasteiger partial charge >= 0.3 is 0 Å². The van der Waals surface area contributed by atoms with Crippen LogP contribution < -0.4 is 10.8 Å². The average Bonchev–Trinajstić information content (AvgIpc) is 3.31. The smallest absolute Gasteiger partial charge is 0.274 e. The SMILES string of the molecule is O=C(CN(Cc1ccc(C(=O)NO)cc1)C(=O)c1c[nH]c2ccccc12)NCc1ccccc1. The second kappa shape index (κ2) is 10.5. The van der Waals surface area contributed by atoms with E-state index < -0.39 is 5.91 Å². The van der Waals surface area contributed by atoms with Crippen molar-refractivity contribution in [1.29, 1.82) is 0 Å². The molecule has 0 atom stereocenters. The lowest BCUT2D eigenvalue weighted by molar-refractivity contribution is -0.122. The van der Waals surface area contributed by atoms with Gasteiger partial charge in [0.25, 0.3) is 11.8 Å². The highest BCUT2D eigenvalue weighted by Gasteiger charge is 2.22. The van der Waals surface area contributed by atoms with Crippen LogP contribution in [0.5, 0.6) is 0 Å². The molecule has 4 rings (SSSR count). The Kier molecular flexibility index (Phi) is 7.00. The number of hydroxylamine groups is 1. The van der Waals surface area contributed by atoms with Crippen molar-refractivity contribution in [1.82, 2.24) is 20.7 Å². The molecule has 8 nitrogen and oxygen atoms in total. The molecule has 0 fully saturated rings. The first-order chi connectivity index (χ1) is 16.5. The molecule has 4 aromatic rings. The predicted molar refractivity (Wildman–Crippen MR) is 127 cm³/mol. The quantitative estimate of drug-likeness (QED) is 0.241. The lowest BCUT2D eigenvalue weighted by atomic mass is 10.1. The maximum Gasteiger partial charge on any atom is 0.274 e. The van der Waals surface area contributed by atoms with Gasteiger partial charge in [-0.15, -0.1) is 0 Å². The minimum Gasteiger partial charge on any atom is -0.360 e. The topological polar surface area (TPSA) is 115 Å². The third-order valence-corrected chi connectivity index (χ3v) is 5.46. The molecule has 4 N–H and O–H groups in total. The third kappa shape index (κ3) is 5.31. The van der Waals surface area contributed by atoms with Crippen molar-refractivity contribution in [3.8, 4) is 0 Å². The molecule has 34 heavy (non-hydrogen) atoms. The van der Waals surface area contributed by atoms with Crippen LogP contribution in [0.2, 0.25) is 0 Å². The molecule has 0 spiro atoms. The van der Waals surface area contributed by atoms with Crippen molar-refractivity contribution in [3.05, 3.63) is 107 Å². The molecule has 0 unspecified atom stereocenters. The fraction of sp³-hybridized carbons (Fsp3) is 0.115. The summed E-state index contributed by atoms with van der Waals surface area (Å²) in [6.07, 6.45) is 1.65. The van der Waals surface area contributed by atoms with Gasteiger partial charge in [0.15, 0.2) is 0 Å². The minimum atomic E-state index is -0.626. The monoisotopic (exact) mass is 456 g/mol. The van der Waals surface area contributed by atoms with E-state index >= 15 is 0 Å². The molecular weight excluding hydrogens is 432 g/mol. The molecule has 0 radical (unpaired) electrons. The number of carbonyl (C=O) groups excluding carboxylic acids is 3. The van der Waals surface area contributed by atoms with Crippen molar-refractivity contribution in [2.45, 2.75) is 13.1 Å². The molecule has 1 heterocycles. The van der Waals surface area contributed by atoms with Crippen LogP contribution in [0.3, 0.4) is 0 Å². The van der Waals surface area contributed by atoms with E-state index in [1.54, 1.807) is 35.9 Å². The zero-order valence-corrected chi connectivity index (χ0v) is 18.3. The third-order valence-electron chi connectivity index (χ3n) is 5.46. The number of nitrogens with one attached hydrogen (secondary N) is 3. The second-order valence-electron chi connectivity index (χ2n) is 7.81. The van der Waals surface area contributed by atoms with E-state index in [0.29, 0.717) is 12.1 Å². The number of fused-ring (bicyclic) bond motifs is 1. The van der Waals surface area contributed by atoms with E-state index in [4.69, 9.17) is 5.21 Å². The average molecular weight is 457 g/mol. The molecule has 0 saturated carbocycles. The van der Waals surface area contributed by atoms with E-state index in [1.165, 1.54) is 4.90 Å². The molecule has 0 aliphatic rings. The summed E-state index contributed by atoms with van der Waals surface area (Å²) in [5.74, 6) is -1.20. The molecule has 0 aliphatic heterocycles. The summed E-state index contributed by atoms with van der Waals surface area (Å²) in [5.41, 5.74) is 4.87. The number of aromatic amines is 1.